The van der Waals surface area contributed by atoms with Crippen molar-refractivity contribution < 1.29 is 22.7 Å². The van der Waals surface area contributed by atoms with Crippen molar-refractivity contribution in [3.8, 4) is 5.75 Å². The Balaban J connectivity index is 1.98. The van der Waals surface area contributed by atoms with E-state index in [0.29, 0.717) is 5.56 Å². The summed E-state index contributed by atoms with van der Waals surface area (Å²) in [7, 11) is 0. The molecule has 3 nitrogen and oxygen atoms in total. The predicted octanol–water partition coefficient (Wildman–Crippen LogP) is 4.26. The number of carbonyl (C=O) groups excluding carboxylic acids is 1. The largest absolute Gasteiger partial charge is 0.435 e. The molecule has 2 aromatic rings. The van der Waals surface area contributed by atoms with E-state index >= 15 is 0 Å². The van der Waals surface area contributed by atoms with E-state index in [9.17, 15) is 18.0 Å². The lowest BCUT2D eigenvalue weighted by Crippen LogP contribution is -2.15. The monoisotopic (exact) mass is 329 g/mol. The molecule has 2 aromatic carbocycles. The van der Waals surface area contributed by atoms with Gasteiger partial charge in [0.2, 0.25) is 5.91 Å². The van der Waals surface area contributed by atoms with Crippen LogP contribution in [0.5, 0.6) is 5.75 Å². The third-order valence-electron chi connectivity index (χ3n) is 2.74. The Morgan fingerprint density at radius 1 is 1.18 bits per heavy atom. The molecule has 0 unspecified atom stereocenters. The van der Waals surface area contributed by atoms with Crippen molar-refractivity contribution in [2.75, 3.05) is 5.32 Å². The van der Waals surface area contributed by atoms with Gasteiger partial charge >= 0.3 is 6.61 Å². The SMILES string of the molecule is O=C(Cc1ccc(OC(F)F)cc1)Nc1cccc(Cl)c1F. The maximum Gasteiger partial charge on any atom is 0.387 e. The second-order valence-electron chi connectivity index (χ2n) is 4.35. The Bertz CT molecular complexity index is 662. The molecule has 1 N–H and O–H groups in total. The van der Waals surface area contributed by atoms with Crippen molar-refractivity contribution in [3.05, 3.63) is 58.9 Å². The number of ether oxygens (including phenoxy) is 1. The van der Waals surface area contributed by atoms with Crippen molar-refractivity contribution >= 4 is 23.2 Å². The quantitative estimate of drug-likeness (QED) is 0.890. The summed E-state index contributed by atoms with van der Waals surface area (Å²) in [4.78, 5) is 11.8. The maximum atomic E-state index is 13.6. The highest BCUT2D eigenvalue weighted by atomic mass is 35.5. The molecule has 0 aliphatic rings. The van der Waals surface area contributed by atoms with Gasteiger partial charge in [-0.05, 0) is 29.8 Å². The highest BCUT2D eigenvalue weighted by Crippen LogP contribution is 2.22. The molecule has 116 valence electrons. The van der Waals surface area contributed by atoms with E-state index in [2.05, 4.69) is 10.1 Å². The van der Waals surface area contributed by atoms with Crippen LogP contribution < -0.4 is 10.1 Å². The molecule has 0 aliphatic carbocycles. The van der Waals surface area contributed by atoms with Crippen molar-refractivity contribution in [3.63, 3.8) is 0 Å². The van der Waals surface area contributed by atoms with Crippen molar-refractivity contribution in [2.45, 2.75) is 13.0 Å². The van der Waals surface area contributed by atoms with Crippen LogP contribution in [-0.4, -0.2) is 12.5 Å². The molecule has 22 heavy (non-hydrogen) atoms. The summed E-state index contributed by atoms with van der Waals surface area (Å²) in [6.07, 6.45) is -0.0408. The number of alkyl halides is 2. The zero-order valence-electron chi connectivity index (χ0n) is 11.2. The Morgan fingerprint density at radius 3 is 2.50 bits per heavy atom. The van der Waals surface area contributed by atoms with Gasteiger partial charge in [-0.2, -0.15) is 8.78 Å². The molecule has 2 rings (SSSR count). The third kappa shape index (κ3) is 4.39. The first kappa shape index (κ1) is 16.2. The maximum absolute atomic E-state index is 13.6. The van der Waals surface area contributed by atoms with Crippen LogP contribution in [0.25, 0.3) is 0 Å². The summed E-state index contributed by atoms with van der Waals surface area (Å²) in [5.74, 6) is -1.16. The van der Waals surface area contributed by atoms with Gasteiger partial charge in [0.25, 0.3) is 0 Å². The second kappa shape index (κ2) is 7.17. The number of hydrogen-bond acceptors (Lipinski definition) is 2. The van der Waals surface area contributed by atoms with Gasteiger partial charge in [-0.3, -0.25) is 4.79 Å². The lowest BCUT2D eigenvalue weighted by molar-refractivity contribution is -0.115. The molecule has 0 fully saturated rings. The highest BCUT2D eigenvalue weighted by Gasteiger charge is 2.10. The Morgan fingerprint density at radius 2 is 1.86 bits per heavy atom. The molecule has 1 amide bonds. The summed E-state index contributed by atoms with van der Waals surface area (Å²) < 4.78 is 41.9. The summed E-state index contributed by atoms with van der Waals surface area (Å²) in [5, 5.41) is 2.31. The molecule has 0 spiro atoms. The number of carbonyl (C=O) groups is 1. The van der Waals surface area contributed by atoms with E-state index in [0.717, 1.165) is 0 Å². The minimum atomic E-state index is -2.90. The van der Waals surface area contributed by atoms with Crippen LogP contribution in [0.3, 0.4) is 0 Å². The van der Waals surface area contributed by atoms with Crippen LogP contribution in [0.2, 0.25) is 5.02 Å². The number of amides is 1. The zero-order chi connectivity index (χ0) is 16.1. The van der Waals surface area contributed by atoms with Crippen LogP contribution in [0.4, 0.5) is 18.9 Å². The first-order valence-electron chi connectivity index (χ1n) is 6.23. The molecule has 7 heteroatoms. The van der Waals surface area contributed by atoms with Gasteiger partial charge in [0.1, 0.15) is 5.75 Å². The number of benzene rings is 2. The molecular weight excluding hydrogens is 319 g/mol. The first-order valence-corrected chi connectivity index (χ1v) is 6.61. The van der Waals surface area contributed by atoms with Crippen LogP contribution in [-0.2, 0) is 11.2 Å². The fraction of sp³-hybridized carbons (Fsp3) is 0.133. The average molecular weight is 330 g/mol. The molecule has 0 heterocycles. The van der Waals surface area contributed by atoms with E-state index in [-0.39, 0.29) is 22.9 Å². The molecular formula is C15H11ClF3NO2. The van der Waals surface area contributed by atoms with Gasteiger partial charge in [0.05, 0.1) is 17.1 Å². The predicted molar refractivity (Wildman–Crippen MR) is 76.8 cm³/mol. The molecule has 0 aliphatic heterocycles. The Hall–Kier alpha value is -2.21. The minimum Gasteiger partial charge on any atom is -0.435 e. The van der Waals surface area contributed by atoms with E-state index in [1.165, 1.54) is 42.5 Å². The molecule has 0 bridgehead atoms. The van der Waals surface area contributed by atoms with E-state index in [1.54, 1.807) is 0 Å². The molecule has 0 aromatic heterocycles. The van der Waals surface area contributed by atoms with Crippen LogP contribution in [0.15, 0.2) is 42.5 Å². The second-order valence-corrected chi connectivity index (χ2v) is 4.76. The third-order valence-corrected chi connectivity index (χ3v) is 3.03. The summed E-state index contributed by atoms with van der Waals surface area (Å²) >= 11 is 5.61. The average Bonchev–Trinajstić information content (AvgIpc) is 2.45. The van der Waals surface area contributed by atoms with Crippen molar-refractivity contribution in [2.24, 2.45) is 0 Å². The zero-order valence-corrected chi connectivity index (χ0v) is 11.9. The van der Waals surface area contributed by atoms with E-state index in [4.69, 9.17) is 11.6 Å². The summed E-state index contributed by atoms with van der Waals surface area (Å²) in [6, 6.07) is 9.88. The van der Waals surface area contributed by atoms with Gasteiger partial charge in [-0.25, -0.2) is 4.39 Å². The molecule has 0 atom stereocenters. The lowest BCUT2D eigenvalue weighted by Gasteiger charge is -2.08. The van der Waals surface area contributed by atoms with Gasteiger partial charge in [0.15, 0.2) is 5.82 Å². The number of halogens is 4. The fourth-order valence-electron chi connectivity index (χ4n) is 1.77. The normalized spacial score (nSPS) is 10.6. The topological polar surface area (TPSA) is 38.3 Å². The number of anilines is 1. The number of hydrogen-bond donors (Lipinski definition) is 1. The summed E-state index contributed by atoms with van der Waals surface area (Å²) in [5.41, 5.74) is 0.553. The van der Waals surface area contributed by atoms with E-state index in [1.807, 2.05) is 0 Å². The minimum absolute atomic E-state index is 0.0000406. The number of rotatable bonds is 5. The van der Waals surface area contributed by atoms with Gasteiger partial charge in [0, 0.05) is 0 Å². The smallest absolute Gasteiger partial charge is 0.387 e. The van der Waals surface area contributed by atoms with Crippen LogP contribution >= 0.6 is 11.6 Å². The fourth-order valence-corrected chi connectivity index (χ4v) is 1.94. The van der Waals surface area contributed by atoms with Gasteiger partial charge in [-0.1, -0.05) is 29.8 Å². The lowest BCUT2D eigenvalue weighted by atomic mass is 10.1. The molecule has 0 saturated heterocycles. The molecule has 0 saturated carbocycles. The standard InChI is InChI=1S/C15H11ClF3NO2/c16-11-2-1-3-12(14(11)17)20-13(21)8-9-4-6-10(7-5-9)22-15(18)19/h1-7,15H,8H2,(H,20,21). The van der Waals surface area contributed by atoms with Crippen LogP contribution in [0.1, 0.15) is 5.56 Å². The van der Waals surface area contributed by atoms with Gasteiger partial charge in [-0.15, -0.1) is 0 Å². The van der Waals surface area contributed by atoms with Crippen molar-refractivity contribution in [1.29, 1.82) is 0 Å². The van der Waals surface area contributed by atoms with Crippen LogP contribution in [0, 0.1) is 5.82 Å². The number of nitrogens with one attached hydrogen (secondary N) is 1. The van der Waals surface area contributed by atoms with Gasteiger partial charge < -0.3 is 10.1 Å². The van der Waals surface area contributed by atoms with E-state index < -0.39 is 18.3 Å². The Labute approximate surface area is 129 Å². The van der Waals surface area contributed by atoms with Crippen molar-refractivity contribution in [1.82, 2.24) is 0 Å². The Kier molecular flexibility index (Phi) is 5.27. The molecule has 0 radical (unpaired) electrons. The summed E-state index contributed by atoms with van der Waals surface area (Å²) in [6.45, 7) is -2.90. The highest BCUT2D eigenvalue weighted by molar-refractivity contribution is 6.31. The first-order chi connectivity index (χ1) is 10.5.